The summed E-state index contributed by atoms with van der Waals surface area (Å²) >= 11 is 0. The summed E-state index contributed by atoms with van der Waals surface area (Å²) in [5, 5.41) is 10.3. The summed E-state index contributed by atoms with van der Waals surface area (Å²) in [6, 6.07) is 0.968. The van der Waals surface area contributed by atoms with Gasteiger partial charge in [0.05, 0.1) is 12.2 Å². The average molecular weight is 348 g/mol. The van der Waals surface area contributed by atoms with Crippen LogP contribution in [0.3, 0.4) is 0 Å². The van der Waals surface area contributed by atoms with Crippen LogP contribution in [-0.4, -0.2) is 45.9 Å². The van der Waals surface area contributed by atoms with E-state index in [4.69, 9.17) is 0 Å². The third-order valence-electron chi connectivity index (χ3n) is 5.94. The zero-order valence-corrected chi connectivity index (χ0v) is 15.9. The second-order valence-electron chi connectivity index (χ2n) is 8.01. The fraction of sp³-hybridized carbons (Fsp3) is 0.789. The van der Waals surface area contributed by atoms with Crippen LogP contribution in [0.25, 0.3) is 0 Å². The Balaban J connectivity index is 1.39. The van der Waals surface area contributed by atoms with Gasteiger partial charge in [0.2, 0.25) is 0 Å². The standard InChI is InChI=1S/C19H33N5O/c1-14-4-6-18(7-5-14)24-10-8-17(9-11-24)22-19(25)21-15(2)16-12-20-23(3)13-16/h12-15,17-18H,4-11H2,1-3H3,(H2,21,22,25)/t14?,15-,18?/m1/s1. The molecule has 0 spiro atoms. The van der Waals surface area contributed by atoms with Crippen molar-refractivity contribution in [3.8, 4) is 0 Å². The second kappa shape index (κ2) is 8.21. The topological polar surface area (TPSA) is 62.2 Å². The highest BCUT2D eigenvalue weighted by Gasteiger charge is 2.28. The number of carbonyl (C=O) groups is 1. The number of rotatable bonds is 4. The molecule has 1 atom stereocenters. The first-order chi connectivity index (χ1) is 12.0. The quantitative estimate of drug-likeness (QED) is 0.880. The zero-order chi connectivity index (χ0) is 17.8. The van der Waals surface area contributed by atoms with Crippen molar-refractivity contribution < 1.29 is 4.79 Å². The van der Waals surface area contributed by atoms with Crippen LogP contribution in [0.1, 0.15) is 64.0 Å². The molecule has 2 fully saturated rings. The Kier molecular flexibility index (Phi) is 5.99. The van der Waals surface area contributed by atoms with E-state index in [0.717, 1.165) is 43.5 Å². The summed E-state index contributed by atoms with van der Waals surface area (Å²) in [7, 11) is 1.89. The van der Waals surface area contributed by atoms with Crippen molar-refractivity contribution in [2.24, 2.45) is 13.0 Å². The molecule has 0 aromatic carbocycles. The molecule has 2 amide bonds. The Morgan fingerprint density at radius 3 is 2.48 bits per heavy atom. The second-order valence-corrected chi connectivity index (χ2v) is 8.01. The maximum Gasteiger partial charge on any atom is 0.315 e. The predicted molar refractivity (Wildman–Crippen MR) is 99.3 cm³/mol. The lowest BCUT2D eigenvalue weighted by Crippen LogP contribution is -2.50. The first-order valence-corrected chi connectivity index (χ1v) is 9.81. The number of aromatic nitrogens is 2. The van der Waals surface area contributed by atoms with Gasteiger partial charge >= 0.3 is 6.03 Å². The number of hydrogen-bond donors (Lipinski definition) is 2. The van der Waals surface area contributed by atoms with Gasteiger partial charge < -0.3 is 15.5 Å². The lowest BCUT2D eigenvalue weighted by atomic mass is 9.85. The molecule has 25 heavy (non-hydrogen) atoms. The van der Waals surface area contributed by atoms with Crippen molar-refractivity contribution >= 4 is 6.03 Å². The smallest absolute Gasteiger partial charge is 0.315 e. The van der Waals surface area contributed by atoms with E-state index in [0.29, 0.717) is 6.04 Å². The van der Waals surface area contributed by atoms with Crippen LogP contribution < -0.4 is 10.6 Å². The molecule has 1 aliphatic carbocycles. The van der Waals surface area contributed by atoms with Crippen LogP contribution in [-0.2, 0) is 7.05 Å². The van der Waals surface area contributed by atoms with Crippen LogP contribution in [0.2, 0.25) is 0 Å². The summed E-state index contributed by atoms with van der Waals surface area (Å²) < 4.78 is 1.76. The summed E-state index contributed by atoms with van der Waals surface area (Å²) in [4.78, 5) is 14.9. The Bertz CT molecular complexity index is 556. The largest absolute Gasteiger partial charge is 0.335 e. The van der Waals surface area contributed by atoms with Crippen molar-refractivity contribution in [2.75, 3.05) is 13.1 Å². The fourth-order valence-electron chi connectivity index (χ4n) is 4.19. The van der Waals surface area contributed by atoms with E-state index in [2.05, 4.69) is 27.6 Å². The maximum atomic E-state index is 12.3. The van der Waals surface area contributed by atoms with Gasteiger partial charge in [0.15, 0.2) is 0 Å². The molecule has 2 heterocycles. The molecule has 0 radical (unpaired) electrons. The summed E-state index contributed by atoms with van der Waals surface area (Å²) in [5.74, 6) is 0.904. The SMILES string of the molecule is CC1CCC(N2CCC(NC(=O)N[C@H](C)c3cnn(C)c3)CC2)CC1. The minimum absolute atomic E-state index is 0.0296. The van der Waals surface area contributed by atoms with E-state index in [-0.39, 0.29) is 12.1 Å². The highest BCUT2D eigenvalue weighted by Crippen LogP contribution is 2.28. The van der Waals surface area contributed by atoms with Gasteiger partial charge in [-0.05, 0) is 51.4 Å². The number of nitrogens with one attached hydrogen (secondary N) is 2. The van der Waals surface area contributed by atoms with Crippen molar-refractivity contribution in [1.82, 2.24) is 25.3 Å². The fourth-order valence-corrected chi connectivity index (χ4v) is 4.19. The van der Waals surface area contributed by atoms with E-state index >= 15 is 0 Å². The monoisotopic (exact) mass is 347 g/mol. The van der Waals surface area contributed by atoms with E-state index in [1.165, 1.54) is 25.7 Å². The van der Waals surface area contributed by atoms with Crippen LogP contribution in [0.15, 0.2) is 12.4 Å². The Morgan fingerprint density at radius 2 is 1.88 bits per heavy atom. The average Bonchev–Trinajstić information content (AvgIpc) is 3.03. The number of piperidine rings is 1. The van der Waals surface area contributed by atoms with Crippen molar-refractivity contribution in [3.63, 3.8) is 0 Å². The molecule has 1 saturated carbocycles. The molecule has 0 bridgehead atoms. The molecule has 1 saturated heterocycles. The van der Waals surface area contributed by atoms with Crippen molar-refractivity contribution in [2.45, 2.75) is 70.5 Å². The normalized spacial score (nSPS) is 27.0. The van der Waals surface area contributed by atoms with Gasteiger partial charge in [0.25, 0.3) is 0 Å². The van der Waals surface area contributed by atoms with Gasteiger partial charge in [-0.3, -0.25) is 4.68 Å². The maximum absolute atomic E-state index is 12.3. The molecular weight excluding hydrogens is 314 g/mol. The number of urea groups is 1. The first-order valence-electron chi connectivity index (χ1n) is 9.81. The Morgan fingerprint density at radius 1 is 1.20 bits per heavy atom. The Labute approximate surface area is 151 Å². The predicted octanol–water partition coefficient (Wildman–Crippen LogP) is 2.82. The lowest BCUT2D eigenvalue weighted by molar-refractivity contribution is 0.106. The number of hydrogen-bond acceptors (Lipinski definition) is 3. The molecule has 140 valence electrons. The summed E-state index contributed by atoms with van der Waals surface area (Å²) in [6.45, 7) is 6.59. The third-order valence-corrected chi connectivity index (χ3v) is 5.94. The molecule has 1 aromatic rings. The van der Waals surface area contributed by atoms with Gasteiger partial charge in [-0.1, -0.05) is 6.92 Å². The van der Waals surface area contributed by atoms with E-state index in [9.17, 15) is 4.79 Å². The van der Waals surface area contributed by atoms with Gasteiger partial charge in [-0.15, -0.1) is 0 Å². The van der Waals surface area contributed by atoms with Crippen molar-refractivity contribution in [3.05, 3.63) is 18.0 Å². The summed E-state index contributed by atoms with van der Waals surface area (Å²) in [6.07, 6.45) is 11.3. The zero-order valence-electron chi connectivity index (χ0n) is 15.9. The van der Waals surface area contributed by atoms with Crippen molar-refractivity contribution in [1.29, 1.82) is 0 Å². The molecule has 2 N–H and O–H groups in total. The van der Waals surface area contributed by atoms with Crippen LogP contribution in [0.5, 0.6) is 0 Å². The molecule has 1 aromatic heterocycles. The number of nitrogens with zero attached hydrogens (tertiary/aromatic N) is 3. The minimum atomic E-state index is -0.0682. The molecule has 2 aliphatic rings. The molecule has 6 nitrogen and oxygen atoms in total. The number of likely N-dealkylation sites (tertiary alicyclic amines) is 1. The van der Waals surface area contributed by atoms with E-state index < -0.39 is 0 Å². The minimum Gasteiger partial charge on any atom is -0.335 e. The number of carbonyl (C=O) groups excluding carboxylic acids is 1. The summed E-state index contributed by atoms with van der Waals surface area (Å²) in [5.41, 5.74) is 1.03. The van der Waals surface area contributed by atoms with Gasteiger partial charge in [0, 0.05) is 44.0 Å². The first kappa shape index (κ1) is 18.2. The number of aryl methyl sites for hydroxylation is 1. The van der Waals surface area contributed by atoms with Crippen LogP contribution >= 0.6 is 0 Å². The van der Waals surface area contributed by atoms with Gasteiger partial charge in [0.1, 0.15) is 0 Å². The van der Waals surface area contributed by atoms with E-state index in [1.54, 1.807) is 10.9 Å². The molecule has 6 heteroatoms. The highest BCUT2D eigenvalue weighted by atomic mass is 16.2. The Hall–Kier alpha value is -1.56. The van der Waals surface area contributed by atoms with Gasteiger partial charge in [-0.25, -0.2) is 4.79 Å². The van der Waals surface area contributed by atoms with E-state index in [1.807, 2.05) is 20.2 Å². The van der Waals surface area contributed by atoms with Crippen LogP contribution in [0.4, 0.5) is 4.79 Å². The molecule has 0 unspecified atom stereocenters. The van der Waals surface area contributed by atoms with Gasteiger partial charge in [-0.2, -0.15) is 5.10 Å². The molecule has 3 rings (SSSR count). The molecular formula is C19H33N5O. The molecule has 1 aliphatic heterocycles. The van der Waals surface area contributed by atoms with Crippen LogP contribution in [0, 0.1) is 5.92 Å². The third kappa shape index (κ3) is 4.97. The highest BCUT2D eigenvalue weighted by molar-refractivity contribution is 5.74. The lowest BCUT2D eigenvalue weighted by Gasteiger charge is -2.40. The number of amides is 2.